The average molecular weight is 153 g/mol. The molecule has 0 bridgehead atoms. The number of hydrogen-bond acceptors (Lipinski definition) is 4. The number of pyridine rings is 1. The molecule has 0 amide bonds. The van der Waals surface area contributed by atoms with Gasteiger partial charge in [0.05, 0.1) is 11.9 Å². The SMILES string of the molecule is N=Cc1c(N)cncc1S. The molecule has 1 rings (SSSR count). The Bertz CT molecular complexity index is 239. The number of nitrogens with two attached hydrogens (primary N) is 1. The van der Waals surface area contributed by atoms with Gasteiger partial charge in [0.15, 0.2) is 0 Å². The van der Waals surface area contributed by atoms with Gasteiger partial charge in [-0.3, -0.25) is 4.98 Å². The van der Waals surface area contributed by atoms with Gasteiger partial charge in [-0.05, 0) is 0 Å². The number of nitrogen functional groups attached to an aromatic ring is 1. The van der Waals surface area contributed by atoms with Crippen LogP contribution < -0.4 is 5.73 Å². The van der Waals surface area contributed by atoms with E-state index in [1.807, 2.05) is 0 Å². The summed E-state index contributed by atoms with van der Waals surface area (Å²) in [6.45, 7) is 0. The first-order valence-corrected chi connectivity index (χ1v) is 3.13. The molecule has 0 aliphatic heterocycles. The molecule has 1 heterocycles. The third kappa shape index (κ3) is 1.11. The van der Waals surface area contributed by atoms with E-state index in [4.69, 9.17) is 11.1 Å². The van der Waals surface area contributed by atoms with Crippen LogP contribution in [0.5, 0.6) is 0 Å². The van der Waals surface area contributed by atoms with E-state index in [2.05, 4.69) is 17.6 Å². The molecule has 0 unspecified atom stereocenters. The Labute approximate surface area is 64.2 Å². The lowest BCUT2D eigenvalue weighted by Crippen LogP contribution is -1.94. The van der Waals surface area contributed by atoms with Crippen LogP contribution in [0.15, 0.2) is 17.3 Å². The van der Waals surface area contributed by atoms with Crippen LogP contribution in [0.25, 0.3) is 0 Å². The molecule has 0 saturated carbocycles. The predicted octanol–water partition coefficient (Wildman–Crippen LogP) is 0.950. The van der Waals surface area contributed by atoms with Gasteiger partial charge in [-0.2, -0.15) is 0 Å². The quantitative estimate of drug-likeness (QED) is 0.415. The fourth-order valence-electron chi connectivity index (χ4n) is 0.632. The summed E-state index contributed by atoms with van der Waals surface area (Å²) in [5.41, 5.74) is 6.58. The van der Waals surface area contributed by atoms with Crippen molar-refractivity contribution in [2.45, 2.75) is 4.90 Å². The van der Waals surface area contributed by atoms with Crippen LogP contribution in [0.4, 0.5) is 5.69 Å². The molecule has 0 atom stereocenters. The maximum Gasteiger partial charge on any atom is 0.0600 e. The van der Waals surface area contributed by atoms with E-state index in [0.717, 1.165) is 0 Å². The maximum absolute atomic E-state index is 6.94. The number of aromatic nitrogens is 1. The van der Waals surface area contributed by atoms with E-state index in [0.29, 0.717) is 16.1 Å². The van der Waals surface area contributed by atoms with Crippen molar-refractivity contribution in [3.8, 4) is 0 Å². The van der Waals surface area contributed by atoms with Crippen LogP contribution in [-0.4, -0.2) is 11.2 Å². The average Bonchev–Trinajstić information content (AvgIpc) is 1.88. The van der Waals surface area contributed by atoms with E-state index in [-0.39, 0.29) is 0 Å². The minimum atomic E-state index is 0.488. The number of nitrogens with zero attached hydrogens (tertiary/aromatic N) is 1. The van der Waals surface area contributed by atoms with Crippen molar-refractivity contribution in [1.82, 2.24) is 4.98 Å². The highest BCUT2D eigenvalue weighted by molar-refractivity contribution is 7.80. The first kappa shape index (κ1) is 7.08. The van der Waals surface area contributed by atoms with Crippen LogP contribution in [0.3, 0.4) is 0 Å². The van der Waals surface area contributed by atoms with E-state index < -0.39 is 0 Å². The Morgan fingerprint density at radius 1 is 1.60 bits per heavy atom. The Balaban J connectivity index is 3.30. The molecular weight excluding hydrogens is 146 g/mol. The molecule has 10 heavy (non-hydrogen) atoms. The van der Waals surface area contributed by atoms with E-state index >= 15 is 0 Å². The van der Waals surface area contributed by atoms with Gasteiger partial charge in [0.2, 0.25) is 0 Å². The molecule has 0 saturated heterocycles. The van der Waals surface area contributed by atoms with Gasteiger partial charge in [0.1, 0.15) is 0 Å². The topological polar surface area (TPSA) is 62.8 Å². The minimum absolute atomic E-state index is 0.488. The summed E-state index contributed by atoms with van der Waals surface area (Å²) in [6, 6.07) is 0. The van der Waals surface area contributed by atoms with Crippen molar-refractivity contribution >= 4 is 24.5 Å². The van der Waals surface area contributed by atoms with Gasteiger partial charge >= 0.3 is 0 Å². The van der Waals surface area contributed by atoms with Crippen molar-refractivity contribution in [3.63, 3.8) is 0 Å². The van der Waals surface area contributed by atoms with Gasteiger partial charge in [-0.25, -0.2) is 0 Å². The van der Waals surface area contributed by atoms with Gasteiger partial charge < -0.3 is 11.1 Å². The van der Waals surface area contributed by atoms with Crippen molar-refractivity contribution in [2.24, 2.45) is 0 Å². The fraction of sp³-hybridized carbons (Fsp3) is 0. The molecule has 0 aliphatic carbocycles. The second kappa shape index (κ2) is 2.70. The zero-order valence-electron chi connectivity index (χ0n) is 5.20. The normalized spacial score (nSPS) is 9.30. The molecule has 0 spiro atoms. The molecule has 0 aliphatic rings. The van der Waals surface area contributed by atoms with Gasteiger partial charge in [-0.1, -0.05) is 0 Å². The summed E-state index contributed by atoms with van der Waals surface area (Å²) in [6.07, 6.45) is 4.22. The Morgan fingerprint density at radius 3 is 2.70 bits per heavy atom. The standard InChI is InChI=1S/C6H7N3S/c7-1-4-5(8)2-9-3-6(4)10/h1-3,7,10H,8H2. The summed E-state index contributed by atoms with van der Waals surface area (Å²) >= 11 is 4.05. The summed E-state index contributed by atoms with van der Waals surface area (Å²) in [5.74, 6) is 0. The molecule has 3 nitrogen and oxygen atoms in total. The lowest BCUT2D eigenvalue weighted by atomic mass is 10.2. The van der Waals surface area contributed by atoms with Crippen molar-refractivity contribution < 1.29 is 0 Å². The first-order chi connectivity index (χ1) is 4.75. The number of thiol groups is 1. The number of rotatable bonds is 1. The molecular formula is C6H7N3S. The molecule has 52 valence electrons. The summed E-state index contributed by atoms with van der Waals surface area (Å²) in [7, 11) is 0. The second-order valence-corrected chi connectivity index (χ2v) is 2.29. The summed E-state index contributed by atoms with van der Waals surface area (Å²) in [4.78, 5) is 4.42. The third-order valence-electron chi connectivity index (χ3n) is 1.14. The Morgan fingerprint density at radius 2 is 2.30 bits per heavy atom. The number of nitrogens with one attached hydrogen (secondary N) is 1. The Hall–Kier alpha value is -1.03. The number of anilines is 1. The number of hydrogen-bond donors (Lipinski definition) is 3. The zero-order valence-corrected chi connectivity index (χ0v) is 6.10. The van der Waals surface area contributed by atoms with Gasteiger partial charge in [0.25, 0.3) is 0 Å². The van der Waals surface area contributed by atoms with Crippen LogP contribution in [0, 0.1) is 5.41 Å². The summed E-state index contributed by atoms with van der Waals surface area (Å²) in [5, 5.41) is 6.94. The van der Waals surface area contributed by atoms with Crippen LogP contribution >= 0.6 is 12.6 Å². The highest BCUT2D eigenvalue weighted by atomic mass is 32.1. The molecule has 3 N–H and O–H groups in total. The van der Waals surface area contributed by atoms with E-state index in [1.165, 1.54) is 12.4 Å². The monoisotopic (exact) mass is 153 g/mol. The largest absolute Gasteiger partial charge is 0.397 e. The van der Waals surface area contributed by atoms with Crippen LogP contribution in [0.1, 0.15) is 5.56 Å². The summed E-state index contributed by atoms with van der Waals surface area (Å²) < 4.78 is 0. The van der Waals surface area contributed by atoms with Crippen LogP contribution in [0.2, 0.25) is 0 Å². The minimum Gasteiger partial charge on any atom is -0.397 e. The van der Waals surface area contributed by atoms with E-state index in [1.54, 1.807) is 6.20 Å². The smallest absolute Gasteiger partial charge is 0.0600 e. The lowest BCUT2D eigenvalue weighted by Gasteiger charge is -1.99. The lowest BCUT2D eigenvalue weighted by molar-refractivity contribution is 1.23. The third-order valence-corrected chi connectivity index (χ3v) is 1.50. The molecule has 1 aromatic rings. The van der Waals surface area contributed by atoms with Crippen molar-refractivity contribution in [2.75, 3.05) is 5.73 Å². The van der Waals surface area contributed by atoms with Crippen LogP contribution in [-0.2, 0) is 0 Å². The second-order valence-electron chi connectivity index (χ2n) is 1.81. The highest BCUT2D eigenvalue weighted by Crippen LogP contribution is 2.15. The maximum atomic E-state index is 6.94. The first-order valence-electron chi connectivity index (χ1n) is 2.68. The Kier molecular flexibility index (Phi) is 1.91. The molecule has 1 aromatic heterocycles. The fourth-order valence-corrected chi connectivity index (χ4v) is 0.893. The molecule has 0 fully saturated rings. The van der Waals surface area contributed by atoms with Crippen molar-refractivity contribution in [1.29, 1.82) is 5.41 Å². The van der Waals surface area contributed by atoms with Crippen molar-refractivity contribution in [3.05, 3.63) is 18.0 Å². The van der Waals surface area contributed by atoms with Gasteiger partial charge in [-0.15, -0.1) is 12.6 Å². The van der Waals surface area contributed by atoms with Gasteiger partial charge in [0, 0.05) is 22.9 Å². The zero-order chi connectivity index (χ0) is 7.56. The predicted molar refractivity (Wildman–Crippen MR) is 43.8 cm³/mol. The molecule has 0 radical (unpaired) electrons. The molecule has 4 heteroatoms. The van der Waals surface area contributed by atoms with E-state index in [9.17, 15) is 0 Å². The highest BCUT2D eigenvalue weighted by Gasteiger charge is 1.98. The molecule has 0 aromatic carbocycles.